The highest BCUT2D eigenvalue weighted by molar-refractivity contribution is 6.32. The molecular formula is C11H13ClO3. The zero-order chi connectivity index (χ0) is 11.6. The Morgan fingerprint density at radius 1 is 1.53 bits per heavy atom. The summed E-state index contributed by atoms with van der Waals surface area (Å²) in [6.45, 7) is 5.34. The van der Waals surface area contributed by atoms with Crippen LogP contribution in [0.15, 0.2) is 6.07 Å². The number of esters is 1. The van der Waals surface area contributed by atoms with E-state index in [1.54, 1.807) is 26.8 Å². The van der Waals surface area contributed by atoms with Crippen LogP contribution in [-0.4, -0.2) is 17.7 Å². The van der Waals surface area contributed by atoms with E-state index in [2.05, 4.69) is 0 Å². The molecule has 82 valence electrons. The van der Waals surface area contributed by atoms with Crippen LogP contribution in [0.3, 0.4) is 0 Å². The average Bonchev–Trinajstić information content (AvgIpc) is 2.16. The molecule has 0 fully saturated rings. The number of phenols is 1. The van der Waals surface area contributed by atoms with Gasteiger partial charge in [0.15, 0.2) is 0 Å². The Kier molecular flexibility index (Phi) is 3.58. The van der Waals surface area contributed by atoms with E-state index in [4.69, 9.17) is 16.3 Å². The van der Waals surface area contributed by atoms with Crippen LogP contribution < -0.4 is 0 Å². The van der Waals surface area contributed by atoms with E-state index in [0.29, 0.717) is 16.1 Å². The molecule has 0 aliphatic rings. The Labute approximate surface area is 93.6 Å². The maximum atomic E-state index is 11.5. The molecule has 15 heavy (non-hydrogen) atoms. The minimum absolute atomic E-state index is 0.0599. The zero-order valence-electron chi connectivity index (χ0n) is 8.93. The Morgan fingerprint density at radius 3 is 2.67 bits per heavy atom. The summed E-state index contributed by atoms with van der Waals surface area (Å²) in [5.41, 5.74) is 1.26. The molecule has 1 N–H and O–H groups in total. The summed E-state index contributed by atoms with van der Waals surface area (Å²) in [5, 5.41) is 10.2. The number of aromatic hydroxyl groups is 1. The summed E-state index contributed by atoms with van der Waals surface area (Å²) >= 11 is 5.92. The van der Waals surface area contributed by atoms with E-state index in [0.717, 1.165) is 0 Å². The summed E-state index contributed by atoms with van der Waals surface area (Å²) in [6.07, 6.45) is 0. The fourth-order valence-corrected chi connectivity index (χ4v) is 1.57. The predicted octanol–water partition coefficient (Wildman–Crippen LogP) is 2.84. The van der Waals surface area contributed by atoms with E-state index >= 15 is 0 Å². The van der Waals surface area contributed by atoms with Crippen LogP contribution in [0, 0.1) is 13.8 Å². The van der Waals surface area contributed by atoms with Gasteiger partial charge in [-0.2, -0.15) is 0 Å². The normalized spacial score (nSPS) is 10.1. The Morgan fingerprint density at radius 2 is 2.13 bits per heavy atom. The highest BCUT2D eigenvalue weighted by Gasteiger charge is 2.19. The van der Waals surface area contributed by atoms with E-state index in [-0.39, 0.29) is 17.9 Å². The largest absolute Gasteiger partial charge is 0.507 e. The van der Waals surface area contributed by atoms with E-state index in [9.17, 15) is 9.90 Å². The van der Waals surface area contributed by atoms with E-state index in [1.165, 1.54) is 0 Å². The lowest BCUT2D eigenvalue weighted by molar-refractivity contribution is 0.0522. The van der Waals surface area contributed by atoms with Gasteiger partial charge in [-0.25, -0.2) is 4.79 Å². The third-order valence-electron chi connectivity index (χ3n) is 2.17. The average molecular weight is 229 g/mol. The summed E-state index contributed by atoms with van der Waals surface area (Å²) in [4.78, 5) is 11.5. The van der Waals surface area contributed by atoms with Gasteiger partial charge >= 0.3 is 5.97 Å². The zero-order valence-corrected chi connectivity index (χ0v) is 9.68. The summed E-state index contributed by atoms with van der Waals surface area (Å²) in [6, 6.07) is 1.62. The predicted molar refractivity (Wildman–Crippen MR) is 58.5 cm³/mol. The van der Waals surface area contributed by atoms with Gasteiger partial charge in [0.1, 0.15) is 11.3 Å². The van der Waals surface area contributed by atoms with Crippen LogP contribution in [-0.2, 0) is 4.74 Å². The molecule has 3 nitrogen and oxygen atoms in total. The monoisotopic (exact) mass is 228 g/mol. The Hall–Kier alpha value is -1.22. The first-order valence-electron chi connectivity index (χ1n) is 4.64. The number of carbonyl (C=O) groups excluding carboxylic acids is 1. The number of carbonyl (C=O) groups is 1. The van der Waals surface area contributed by atoms with Gasteiger partial charge in [-0.15, -0.1) is 0 Å². The van der Waals surface area contributed by atoms with Gasteiger partial charge in [-0.1, -0.05) is 11.6 Å². The molecule has 0 heterocycles. The number of hydrogen-bond acceptors (Lipinski definition) is 3. The van der Waals surface area contributed by atoms with Crippen molar-refractivity contribution in [2.24, 2.45) is 0 Å². The number of halogens is 1. The quantitative estimate of drug-likeness (QED) is 0.792. The number of benzene rings is 1. The van der Waals surface area contributed by atoms with Crippen molar-refractivity contribution in [2.75, 3.05) is 6.61 Å². The summed E-state index contributed by atoms with van der Waals surface area (Å²) in [7, 11) is 0. The number of hydrogen-bond donors (Lipinski definition) is 1. The van der Waals surface area contributed by atoms with Crippen molar-refractivity contribution in [3.63, 3.8) is 0 Å². The molecule has 4 heteroatoms. The lowest BCUT2D eigenvalue weighted by atomic mass is 10.0. The smallest absolute Gasteiger partial charge is 0.342 e. The van der Waals surface area contributed by atoms with Crippen molar-refractivity contribution in [3.8, 4) is 5.75 Å². The lowest BCUT2D eigenvalue weighted by Gasteiger charge is -2.11. The highest BCUT2D eigenvalue weighted by Crippen LogP contribution is 2.31. The van der Waals surface area contributed by atoms with Crippen LogP contribution >= 0.6 is 11.6 Å². The van der Waals surface area contributed by atoms with Crippen molar-refractivity contribution in [1.29, 1.82) is 0 Å². The van der Waals surface area contributed by atoms with Crippen LogP contribution in [0.5, 0.6) is 5.75 Å². The molecule has 0 aliphatic carbocycles. The first-order valence-corrected chi connectivity index (χ1v) is 5.02. The van der Waals surface area contributed by atoms with Gasteiger partial charge < -0.3 is 9.84 Å². The maximum Gasteiger partial charge on any atom is 0.342 e. The fraction of sp³-hybridized carbons (Fsp3) is 0.364. The number of ether oxygens (including phenoxy) is 1. The molecule has 0 aromatic heterocycles. The molecule has 0 aliphatic heterocycles. The van der Waals surface area contributed by atoms with Gasteiger partial charge in [0, 0.05) is 5.02 Å². The number of aryl methyl sites for hydroxylation is 1. The van der Waals surface area contributed by atoms with Gasteiger partial charge in [-0.3, -0.25) is 0 Å². The van der Waals surface area contributed by atoms with Crippen molar-refractivity contribution in [1.82, 2.24) is 0 Å². The Bertz CT molecular complexity index is 373. The molecular weight excluding hydrogens is 216 g/mol. The van der Waals surface area contributed by atoms with E-state index in [1.807, 2.05) is 0 Å². The first-order chi connectivity index (χ1) is 6.99. The lowest BCUT2D eigenvalue weighted by Crippen LogP contribution is -2.08. The topological polar surface area (TPSA) is 46.5 Å². The highest BCUT2D eigenvalue weighted by atomic mass is 35.5. The van der Waals surface area contributed by atoms with Crippen LogP contribution in [0.4, 0.5) is 0 Å². The summed E-state index contributed by atoms with van der Waals surface area (Å²) in [5.74, 6) is -0.603. The molecule has 0 unspecified atom stereocenters. The van der Waals surface area contributed by atoms with Gasteiger partial charge in [0.2, 0.25) is 0 Å². The molecule has 0 spiro atoms. The number of phenolic OH excluding ortho intramolecular Hbond substituents is 1. The minimum atomic E-state index is -0.543. The second-order valence-corrected chi connectivity index (χ2v) is 3.65. The molecule has 0 atom stereocenters. The van der Waals surface area contributed by atoms with Gasteiger partial charge in [0.05, 0.1) is 6.61 Å². The second kappa shape index (κ2) is 4.53. The molecule has 0 bridgehead atoms. The van der Waals surface area contributed by atoms with Crippen LogP contribution in [0.25, 0.3) is 0 Å². The molecule has 1 aromatic carbocycles. The van der Waals surface area contributed by atoms with Crippen LogP contribution in [0.2, 0.25) is 5.02 Å². The minimum Gasteiger partial charge on any atom is -0.507 e. The first kappa shape index (κ1) is 11.9. The fourth-order valence-electron chi connectivity index (χ4n) is 1.31. The molecule has 1 rings (SSSR count). The van der Waals surface area contributed by atoms with Gasteiger partial charge in [0.25, 0.3) is 0 Å². The third kappa shape index (κ3) is 2.23. The second-order valence-electron chi connectivity index (χ2n) is 3.24. The molecule has 0 amide bonds. The van der Waals surface area contributed by atoms with E-state index < -0.39 is 5.97 Å². The third-order valence-corrected chi connectivity index (χ3v) is 2.56. The molecule has 0 radical (unpaired) electrons. The summed E-state index contributed by atoms with van der Waals surface area (Å²) < 4.78 is 4.84. The van der Waals surface area contributed by atoms with Crippen molar-refractivity contribution in [3.05, 3.63) is 27.8 Å². The van der Waals surface area contributed by atoms with Crippen LogP contribution in [0.1, 0.15) is 28.4 Å². The maximum absolute atomic E-state index is 11.5. The van der Waals surface area contributed by atoms with Crippen molar-refractivity contribution < 1.29 is 14.6 Å². The van der Waals surface area contributed by atoms with Gasteiger partial charge in [-0.05, 0) is 38.0 Å². The van der Waals surface area contributed by atoms with Crippen molar-refractivity contribution >= 4 is 17.6 Å². The molecule has 1 aromatic rings. The molecule has 0 saturated heterocycles. The SMILES string of the molecule is CCOC(=O)c1c(C)c(Cl)cc(C)c1O. The molecule has 0 saturated carbocycles. The standard InChI is InChI=1S/C11H13ClO3/c1-4-15-11(14)9-7(3)8(12)5-6(2)10(9)13/h5,13H,4H2,1-3H3. The number of rotatable bonds is 2. The Balaban J connectivity index is 3.32. The van der Waals surface area contributed by atoms with Crippen molar-refractivity contribution in [2.45, 2.75) is 20.8 Å².